The van der Waals surface area contributed by atoms with Crippen LogP contribution in [-0.4, -0.2) is 23.3 Å². The summed E-state index contributed by atoms with van der Waals surface area (Å²) in [6.45, 7) is 7.54. The summed E-state index contributed by atoms with van der Waals surface area (Å²) >= 11 is 0. The Morgan fingerprint density at radius 3 is 2.07 bits per heavy atom. The van der Waals surface area contributed by atoms with Crippen LogP contribution in [-0.2, 0) is 9.53 Å². The van der Waals surface area contributed by atoms with Crippen LogP contribution >= 0.6 is 0 Å². The van der Waals surface area contributed by atoms with Gasteiger partial charge in [0.1, 0.15) is 6.10 Å². The Balaban J connectivity index is 4.06. The number of carbonyl (C=O) groups is 1. The molecule has 0 aliphatic heterocycles. The minimum absolute atomic E-state index is 0.00555. The van der Waals surface area contributed by atoms with Gasteiger partial charge < -0.3 is 9.84 Å². The first-order valence-electron chi connectivity index (χ1n) is 5.45. The Kier molecular flexibility index (Phi) is 6.54. The van der Waals surface area contributed by atoms with Gasteiger partial charge in [-0.3, -0.25) is 4.79 Å². The number of ether oxygens (including phenoxy) is 1. The molecule has 0 aromatic rings. The molecule has 0 aromatic carbocycles. The topological polar surface area (TPSA) is 46.5 Å². The first-order valence-corrected chi connectivity index (χ1v) is 5.45. The number of aliphatic hydroxyl groups is 1. The minimum Gasteiger partial charge on any atom is -0.462 e. The van der Waals surface area contributed by atoms with Crippen molar-refractivity contribution in [1.82, 2.24) is 0 Å². The summed E-state index contributed by atoms with van der Waals surface area (Å²) in [6.07, 6.45) is 1.65. The second kappa shape index (κ2) is 6.82. The lowest BCUT2D eigenvalue weighted by Gasteiger charge is -2.20. The maximum absolute atomic E-state index is 11.5. The van der Waals surface area contributed by atoms with Crippen molar-refractivity contribution in [2.24, 2.45) is 5.92 Å². The van der Waals surface area contributed by atoms with E-state index in [1.807, 2.05) is 20.8 Å². The van der Waals surface area contributed by atoms with E-state index in [0.29, 0.717) is 6.42 Å². The smallest absolute Gasteiger partial charge is 0.311 e. The fraction of sp³-hybridized carbons (Fsp3) is 0.909. The lowest BCUT2D eigenvalue weighted by molar-refractivity contribution is -0.157. The molecule has 2 atom stereocenters. The molecule has 3 nitrogen and oxygen atoms in total. The van der Waals surface area contributed by atoms with Gasteiger partial charge in [-0.2, -0.15) is 0 Å². The number of hydrogen-bond donors (Lipinski definition) is 1. The van der Waals surface area contributed by atoms with Gasteiger partial charge >= 0.3 is 5.97 Å². The van der Waals surface area contributed by atoms with Crippen LogP contribution in [0.1, 0.15) is 47.0 Å². The van der Waals surface area contributed by atoms with Crippen LogP contribution in [0.3, 0.4) is 0 Å². The van der Waals surface area contributed by atoms with E-state index in [9.17, 15) is 9.90 Å². The highest BCUT2D eigenvalue weighted by Gasteiger charge is 2.23. The fourth-order valence-electron chi connectivity index (χ4n) is 1.24. The van der Waals surface area contributed by atoms with Crippen LogP contribution in [0.15, 0.2) is 0 Å². The Morgan fingerprint density at radius 2 is 1.71 bits per heavy atom. The summed E-state index contributed by atoms with van der Waals surface area (Å²) in [6, 6.07) is 0. The molecular weight excluding hydrogens is 180 g/mol. The minimum atomic E-state index is -0.586. The van der Waals surface area contributed by atoms with Crippen LogP contribution in [0.2, 0.25) is 0 Å². The molecule has 0 aliphatic rings. The summed E-state index contributed by atoms with van der Waals surface area (Å²) in [5.41, 5.74) is 0. The zero-order valence-corrected chi connectivity index (χ0v) is 9.62. The summed E-state index contributed by atoms with van der Waals surface area (Å²) in [7, 11) is 0. The van der Waals surface area contributed by atoms with E-state index in [0.717, 1.165) is 12.8 Å². The summed E-state index contributed by atoms with van der Waals surface area (Å²) in [5, 5.41) is 9.45. The molecule has 0 heterocycles. The van der Waals surface area contributed by atoms with Crippen molar-refractivity contribution in [3.8, 4) is 0 Å². The van der Waals surface area contributed by atoms with E-state index in [1.165, 1.54) is 0 Å². The van der Waals surface area contributed by atoms with Crippen LogP contribution in [0.25, 0.3) is 0 Å². The zero-order chi connectivity index (χ0) is 11.1. The molecule has 0 saturated carbocycles. The average molecular weight is 202 g/mol. The SMILES string of the molecule is CCC(CC)OC(=O)[C@@H](C)[C@H](O)CC. The van der Waals surface area contributed by atoms with Gasteiger partial charge in [0, 0.05) is 0 Å². The van der Waals surface area contributed by atoms with Gasteiger partial charge in [-0.1, -0.05) is 20.8 Å². The number of hydrogen-bond acceptors (Lipinski definition) is 3. The van der Waals surface area contributed by atoms with Gasteiger partial charge in [-0.05, 0) is 26.2 Å². The first-order chi connectivity index (χ1) is 6.56. The Labute approximate surface area is 86.5 Å². The van der Waals surface area contributed by atoms with Gasteiger partial charge in [-0.15, -0.1) is 0 Å². The summed E-state index contributed by atoms with van der Waals surface area (Å²) in [4.78, 5) is 11.5. The molecule has 0 rings (SSSR count). The molecule has 0 aromatic heterocycles. The molecule has 14 heavy (non-hydrogen) atoms. The molecule has 0 fully saturated rings. The summed E-state index contributed by atoms with van der Waals surface area (Å²) in [5.74, 6) is -0.700. The Morgan fingerprint density at radius 1 is 1.21 bits per heavy atom. The van der Waals surface area contributed by atoms with Crippen molar-refractivity contribution in [2.45, 2.75) is 59.2 Å². The van der Waals surface area contributed by atoms with E-state index in [4.69, 9.17) is 4.74 Å². The molecule has 0 bridgehead atoms. The molecule has 0 spiro atoms. The van der Waals surface area contributed by atoms with E-state index < -0.39 is 12.0 Å². The third kappa shape index (κ3) is 4.09. The maximum Gasteiger partial charge on any atom is 0.311 e. The fourth-order valence-corrected chi connectivity index (χ4v) is 1.24. The van der Waals surface area contributed by atoms with Crippen molar-refractivity contribution in [3.05, 3.63) is 0 Å². The van der Waals surface area contributed by atoms with Gasteiger partial charge in [0.05, 0.1) is 12.0 Å². The second-order valence-corrected chi connectivity index (χ2v) is 3.64. The predicted octanol–water partition coefficient (Wildman–Crippen LogP) is 2.13. The molecule has 84 valence electrons. The first kappa shape index (κ1) is 13.4. The number of aliphatic hydroxyl groups excluding tert-OH is 1. The molecule has 3 heteroatoms. The van der Waals surface area contributed by atoms with E-state index in [1.54, 1.807) is 6.92 Å². The number of esters is 1. The van der Waals surface area contributed by atoms with Gasteiger partial charge in [0.25, 0.3) is 0 Å². The predicted molar refractivity (Wildman–Crippen MR) is 55.9 cm³/mol. The van der Waals surface area contributed by atoms with Crippen molar-refractivity contribution >= 4 is 5.97 Å². The molecule has 0 amide bonds. The molecule has 0 aliphatic carbocycles. The molecular formula is C11H22O3. The highest BCUT2D eigenvalue weighted by Crippen LogP contribution is 2.12. The quantitative estimate of drug-likeness (QED) is 0.671. The highest BCUT2D eigenvalue weighted by molar-refractivity contribution is 5.72. The largest absolute Gasteiger partial charge is 0.462 e. The van der Waals surface area contributed by atoms with E-state index in [2.05, 4.69) is 0 Å². The standard InChI is InChI=1S/C11H22O3/c1-5-9(6-2)14-11(13)8(4)10(12)7-3/h8-10,12H,5-7H2,1-4H3/t8-,10+/m0/s1. The second-order valence-electron chi connectivity index (χ2n) is 3.64. The normalized spacial score (nSPS) is 15.3. The molecule has 0 radical (unpaired) electrons. The lowest BCUT2D eigenvalue weighted by Crippen LogP contribution is -2.29. The highest BCUT2D eigenvalue weighted by atomic mass is 16.5. The van der Waals surface area contributed by atoms with Crippen LogP contribution < -0.4 is 0 Å². The van der Waals surface area contributed by atoms with Gasteiger partial charge in [0.15, 0.2) is 0 Å². The Hall–Kier alpha value is -0.570. The average Bonchev–Trinajstić information content (AvgIpc) is 2.23. The zero-order valence-electron chi connectivity index (χ0n) is 9.62. The molecule has 0 saturated heterocycles. The molecule has 0 unspecified atom stereocenters. The van der Waals surface area contributed by atoms with Crippen LogP contribution in [0.4, 0.5) is 0 Å². The van der Waals surface area contributed by atoms with Crippen molar-refractivity contribution < 1.29 is 14.6 Å². The number of rotatable bonds is 6. The van der Waals surface area contributed by atoms with Crippen LogP contribution in [0, 0.1) is 5.92 Å². The third-order valence-electron chi connectivity index (χ3n) is 2.56. The maximum atomic E-state index is 11.5. The number of carbonyl (C=O) groups excluding carboxylic acids is 1. The van der Waals surface area contributed by atoms with Gasteiger partial charge in [-0.25, -0.2) is 0 Å². The van der Waals surface area contributed by atoms with Gasteiger partial charge in [0.2, 0.25) is 0 Å². The Bertz CT molecular complexity index is 164. The molecule has 1 N–H and O–H groups in total. The monoisotopic (exact) mass is 202 g/mol. The van der Waals surface area contributed by atoms with Crippen molar-refractivity contribution in [2.75, 3.05) is 0 Å². The van der Waals surface area contributed by atoms with Crippen molar-refractivity contribution in [1.29, 1.82) is 0 Å². The lowest BCUT2D eigenvalue weighted by atomic mass is 10.0. The third-order valence-corrected chi connectivity index (χ3v) is 2.56. The van der Waals surface area contributed by atoms with E-state index in [-0.39, 0.29) is 12.1 Å². The van der Waals surface area contributed by atoms with Crippen molar-refractivity contribution in [3.63, 3.8) is 0 Å². The summed E-state index contributed by atoms with van der Waals surface area (Å²) < 4.78 is 5.23. The van der Waals surface area contributed by atoms with Crippen LogP contribution in [0.5, 0.6) is 0 Å². The van der Waals surface area contributed by atoms with E-state index >= 15 is 0 Å².